The van der Waals surface area contributed by atoms with E-state index in [1.807, 2.05) is 84.9 Å². The molecule has 0 bridgehead atoms. The van der Waals surface area contributed by atoms with E-state index >= 15 is 0 Å². The molecule has 5 aromatic rings. The van der Waals surface area contributed by atoms with Crippen molar-refractivity contribution < 1.29 is 9.53 Å². The first-order chi connectivity index (χ1) is 15.6. The van der Waals surface area contributed by atoms with Gasteiger partial charge in [-0.1, -0.05) is 83.9 Å². The minimum Gasteiger partial charge on any atom is -0.422 e. The Morgan fingerprint density at radius 1 is 0.688 bits per heavy atom. The number of esters is 1. The van der Waals surface area contributed by atoms with Crippen molar-refractivity contribution >= 4 is 50.7 Å². The fourth-order valence-electron chi connectivity index (χ4n) is 3.95. The Kier molecular flexibility index (Phi) is 5.57. The lowest BCUT2D eigenvalue weighted by Gasteiger charge is -2.14. The third-order valence-corrected chi connectivity index (χ3v) is 6.00. The first-order valence-electron chi connectivity index (χ1n) is 10.2. The third-order valence-electron chi connectivity index (χ3n) is 5.52. The molecular weight excluding hydrogens is 439 g/mol. The van der Waals surface area contributed by atoms with E-state index in [2.05, 4.69) is 6.07 Å². The zero-order chi connectivity index (χ0) is 22.1. The van der Waals surface area contributed by atoms with E-state index in [9.17, 15) is 4.79 Å². The molecule has 0 saturated heterocycles. The number of hydrogen-bond donors (Lipinski definition) is 0. The van der Waals surface area contributed by atoms with Crippen molar-refractivity contribution in [2.75, 3.05) is 0 Å². The quantitative estimate of drug-likeness (QED) is 0.155. The lowest BCUT2D eigenvalue weighted by molar-refractivity contribution is 0.0738. The van der Waals surface area contributed by atoms with Crippen LogP contribution in [-0.2, 0) is 6.42 Å². The summed E-state index contributed by atoms with van der Waals surface area (Å²) in [5, 5.41) is 4.91. The van der Waals surface area contributed by atoms with E-state index in [1.165, 1.54) is 0 Å². The minimum atomic E-state index is -0.396. The van der Waals surface area contributed by atoms with Crippen molar-refractivity contribution in [3.05, 3.63) is 124 Å². The normalized spacial score (nSPS) is 11.1. The second kappa shape index (κ2) is 8.66. The fourth-order valence-corrected chi connectivity index (χ4v) is 4.24. The van der Waals surface area contributed by atoms with Crippen molar-refractivity contribution in [3.8, 4) is 5.75 Å². The van der Waals surface area contributed by atoms with Gasteiger partial charge in [0.25, 0.3) is 0 Å². The van der Waals surface area contributed by atoms with Gasteiger partial charge in [-0.15, -0.1) is 0 Å². The molecule has 5 rings (SSSR count). The molecule has 0 aliphatic carbocycles. The van der Waals surface area contributed by atoms with Crippen LogP contribution in [0.25, 0.3) is 21.5 Å². The van der Waals surface area contributed by atoms with E-state index in [0.29, 0.717) is 27.8 Å². The Morgan fingerprint density at radius 2 is 1.38 bits per heavy atom. The summed E-state index contributed by atoms with van der Waals surface area (Å²) < 4.78 is 6.06. The van der Waals surface area contributed by atoms with Crippen LogP contribution in [0.3, 0.4) is 0 Å². The highest BCUT2D eigenvalue weighted by Crippen LogP contribution is 2.37. The Morgan fingerprint density at radius 3 is 2.22 bits per heavy atom. The van der Waals surface area contributed by atoms with E-state index in [4.69, 9.17) is 27.9 Å². The molecule has 0 aliphatic heterocycles. The molecule has 0 heterocycles. The fraction of sp³-hybridized carbons (Fsp3) is 0.0357. The Hall–Kier alpha value is -3.33. The average Bonchev–Trinajstić information content (AvgIpc) is 2.81. The van der Waals surface area contributed by atoms with Gasteiger partial charge in [-0.3, -0.25) is 0 Å². The lowest BCUT2D eigenvalue weighted by Crippen LogP contribution is -2.12. The van der Waals surface area contributed by atoms with E-state index in [0.717, 1.165) is 32.7 Å². The topological polar surface area (TPSA) is 26.3 Å². The summed E-state index contributed by atoms with van der Waals surface area (Å²) in [7, 11) is 0. The maximum atomic E-state index is 13.4. The molecule has 5 aromatic carbocycles. The van der Waals surface area contributed by atoms with E-state index in [-0.39, 0.29) is 0 Å². The number of benzene rings is 5. The first kappa shape index (κ1) is 20.6. The molecule has 0 radical (unpaired) electrons. The van der Waals surface area contributed by atoms with Gasteiger partial charge in [0.05, 0.1) is 5.56 Å². The molecule has 0 fully saturated rings. The Bertz CT molecular complexity index is 1460. The summed E-state index contributed by atoms with van der Waals surface area (Å²) in [5.74, 6) is 0.124. The maximum Gasteiger partial charge on any atom is 0.343 e. The monoisotopic (exact) mass is 456 g/mol. The highest BCUT2D eigenvalue weighted by molar-refractivity contribution is 6.31. The number of fused-ring (bicyclic) bond motifs is 2. The highest BCUT2D eigenvalue weighted by Gasteiger charge is 2.18. The maximum absolute atomic E-state index is 13.4. The summed E-state index contributed by atoms with van der Waals surface area (Å²) in [6.07, 6.45) is 0.602. The molecule has 32 heavy (non-hydrogen) atoms. The molecule has 0 saturated carbocycles. The summed E-state index contributed by atoms with van der Waals surface area (Å²) in [6, 6.07) is 30.7. The second-order valence-electron chi connectivity index (χ2n) is 7.64. The predicted octanol–water partition coefficient (Wildman–Crippen LogP) is 8.11. The zero-order valence-corrected chi connectivity index (χ0v) is 18.5. The molecule has 0 aliphatic rings. The summed E-state index contributed by atoms with van der Waals surface area (Å²) in [4.78, 5) is 13.4. The highest BCUT2D eigenvalue weighted by atomic mass is 35.5. The van der Waals surface area contributed by atoms with Gasteiger partial charge in [0, 0.05) is 20.8 Å². The smallest absolute Gasteiger partial charge is 0.343 e. The molecule has 2 nitrogen and oxygen atoms in total. The van der Waals surface area contributed by atoms with Gasteiger partial charge in [0.1, 0.15) is 5.75 Å². The lowest BCUT2D eigenvalue weighted by atomic mass is 9.99. The molecule has 0 spiro atoms. The third kappa shape index (κ3) is 4.08. The van der Waals surface area contributed by atoms with Gasteiger partial charge in [-0.25, -0.2) is 4.79 Å². The number of ether oxygens (including phenoxy) is 1. The van der Waals surface area contributed by atoms with Crippen LogP contribution >= 0.6 is 23.2 Å². The molecule has 156 valence electrons. The Balaban J connectivity index is 1.57. The SMILES string of the molecule is O=C(Oc1c2ccccc2cc2ccc(Cl)cc12)c1ccccc1Cc1ccc(Cl)cc1. The van der Waals surface area contributed by atoms with E-state index < -0.39 is 5.97 Å². The first-order valence-corrected chi connectivity index (χ1v) is 11.0. The summed E-state index contributed by atoms with van der Waals surface area (Å²) >= 11 is 12.3. The summed E-state index contributed by atoms with van der Waals surface area (Å²) in [6.45, 7) is 0. The standard InChI is InChI=1S/C28H18Cl2O2/c29-22-12-9-18(10-13-22)15-19-5-2-4-8-25(19)28(31)32-27-24-7-3-1-6-20(24)16-21-11-14-23(30)17-26(21)27/h1-14,16-17H,15H2. The van der Waals surface area contributed by atoms with Gasteiger partial charge < -0.3 is 4.74 Å². The van der Waals surface area contributed by atoms with Gasteiger partial charge in [0.15, 0.2) is 0 Å². The number of carbonyl (C=O) groups excluding carboxylic acids is 1. The molecular formula is C28H18Cl2O2. The van der Waals surface area contributed by atoms with Crippen LogP contribution in [-0.4, -0.2) is 5.97 Å². The van der Waals surface area contributed by atoms with Gasteiger partial charge in [-0.2, -0.15) is 0 Å². The second-order valence-corrected chi connectivity index (χ2v) is 8.52. The van der Waals surface area contributed by atoms with Crippen LogP contribution in [0.1, 0.15) is 21.5 Å². The van der Waals surface area contributed by atoms with Crippen molar-refractivity contribution in [1.82, 2.24) is 0 Å². The number of carbonyl (C=O) groups is 1. The minimum absolute atomic E-state index is 0.396. The van der Waals surface area contributed by atoms with Crippen molar-refractivity contribution in [2.24, 2.45) is 0 Å². The molecule has 0 unspecified atom stereocenters. The largest absolute Gasteiger partial charge is 0.422 e. The number of halogens is 2. The van der Waals surface area contributed by atoms with Crippen molar-refractivity contribution in [3.63, 3.8) is 0 Å². The molecule has 0 N–H and O–H groups in total. The van der Waals surface area contributed by atoms with Crippen LogP contribution in [0.15, 0.2) is 97.1 Å². The number of rotatable bonds is 4. The Labute approximate surface area is 196 Å². The summed E-state index contributed by atoms with van der Waals surface area (Å²) in [5.41, 5.74) is 2.49. The van der Waals surface area contributed by atoms with Crippen LogP contribution < -0.4 is 4.74 Å². The average molecular weight is 457 g/mol. The molecule has 0 aromatic heterocycles. The van der Waals surface area contributed by atoms with Crippen LogP contribution in [0.4, 0.5) is 0 Å². The van der Waals surface area contributed by atoms with Crippen LogP contribution in [0.2, 0.25) is 10.0 Å². The van der Waals surface area contributed by atoms with Crippen molar-refractivity contribution in [1.29, 1.82) is 0 Å². The van der Waals surface area contributed by atoms with Gasteiger partial charge in [0.2, 0.25) is 0 Å². The molecule has 4 heteroatoms. The van der Waals surface area contributed by atoms with Crippen molar-refractivity contribution in [2.45, 2.75) is 6.42 Å². The molecule has 0 amide bonds. The van der Waals surface area contributed by atoms with Crippen LogP contribution in [0, 0.1) is 0 Å². The number of hydrogen-bond acceptors (Lipinski definition) is 2. The van der Waals surface area contributed by atoms with E-state index in [1.54, 1.807) is 6.07 Å². The van der Waals surface area contributed by atoms with Crippen LogP contribution in [0.5, 0.6) is 5.75 Å². The van der Waals surface area contributed by atoms with Gasteiger partial charge >= 0.3 is 5.97 Å². The predicted molar refractivity (Wildman–Crippen MR) is 132 cm³/mol. The molecule has 0 atom stereocenters. The zero-order valence-electron chi connectivity index (χ0n) is 17.0. The van der Waals surface area contributed by atoms with Gasteiger partial charge in [-0.05, 0) is 64.7 Å².